The molecule has 146 valence electrons. The molecule has 0 unspecified atom stereocenters. The number of benzene rings is 2. The first-order chi connectivity index (χ1) is 13.8. The van der Waals surface area contributed by atoms with E-state index >= 15 is 0 Å². The number of halogens is 3. The zero-order chi connectivity index (χ0) is 21.1. The Labute approximate surface area is 168 Å². The Hall–Kier alpha value is -3.77. The molecule has 4 N–H and O–H groups in total. The molecule has 3 aromatic rings. The van der Waals surface area contributed by atoms with Crippen LogP contribution in [0.2, 0.25) is 5.02 Å². The van der Waals surface area contributed by atoms with Crippen molar-refractivity contribution in [2.75, 3.05) is 11.1 Å². The number of rotatable bonds is 5. The van der Waals surface area contributed by atoms with Crippen LogP contribution in [0.5, 0.6) is 0 Å². The van der Waals surface area contributed by atoms with Gasteiger partial charge in [-0.1, -0.05) is 17.7 Å². The van der Waals surface area contributed by atoms with Crippen molar-refractivity contribution >= 4 is 34.6 Å². The number of anilines is 2. The van der Waals surface area contributed by atoms with E-state index in [0.29, 0.717) is 10.4 Å². The highest BCUT2D eigenvalue weighted by molar-refractivity contribution is 6.35. The van der Waals surface area contributed by atoms with Crippen LogP contribution in [0.25, 0.3) is 0 Å². The Morgan fingerprint density at radius 1 is 1.28 bits per heavy atom. The van der Waals surface area contributed by atoms with Crippen LogP contribution in [0, 0.1) is 16.7 Å². The third-order valence-electron chi connectivity index (χ3n) is 4.01. The maximum absolute atomic E-state index is 12.7. The van der Waals surface area contributed by atoms with E-state index in [-0.39, 0.29) is 38.8 Å². The Bertz CT molecular complexity index is 1150. The van der Waals surface area contributed by atoms with Gasteiger partial charge in [0.1, 0.15) is 11.8 Å². The number of nitrogens with one attached hydrogen (secondary N) is 2. The van der Waals surface area contributed by atoms with Gasteiger partial charge in [-0.25, -0.2) is 4.68 Å². The SMILES string of the molecule is N#Cc1cccc(C(=O)Nc2ccc(N)c(C(=N)c3ccn(C(F)F)n3)c2)c1Cl. The minimum atomic E-state index is -2.83. The number of carbonyl (C=O) groups excluding carboxylic acids is 1. The van der Waals surface area contributed by atoms with Crippen molar-refractivity contribution in [3.8, 4) is 6.07 Å². The fraction of sp³-hybridized carbons (Fsp3) is 0.0526. The van der Waals surface area contributed by atoms with Crippen molar-refractivity contribution in [1.82, 2.24) is 9.78 Å². The van der Waals surface area contributed by atoms with Crippen molar-refractivity contribution in [1.29, 1.82) is 10.7 Å². The lowest BCUT2D eigenvalue weighted by molar-refractivity contribution is 0.0565. The fourth-order valence-corrected chi connectivity index (χ4v) is 2.81. The molecule has 3 rings (SSSR count). The summed E-state index contributed by atoms with van der Waals surface area (Å²) in [6.07, 6.45) is 1.06. The lowest BCUT2D eigenvalue weighted by atomic mass is 10.0. The van der Waals surface area contributed by atoms with E-state index in [1.807, 2.05) is 6.07 Å². The summed E-state index contributed by atoms with van der Waals surface area (Å²) in [4.78, 5) is 12.5. The van der Waals surface area contributed by atoms with Gasteiger partial charge in [0.05, 0.1) is 21.9 Å². The van der Waals surface area contributed by atoms with Gasteiger partial charge in [0, 0.05) is 23.1 Å². The molecule has 0 spiro atoms. The summed E-state index contributed by atoms with van der Waals surface area (Å²) in [6.45, 7) is -2.83. The average Bonchev–Trinajstić information content (AvgIpc) is 3.19. The molecule has 0 saturated carbocycles. The summed E-state index contributed by atoms with van der Waals surface area (Å²) in [5.41, 5.74) is 6.72. The van der Waals surface area contributed by atoms with E-state index in [2.05, 4.69) is 10.4 Å². The highest BCUT2D eigenvalue weighted by atomic mass is 35.5. The molecule has 29 heavy (non-hydrogen) atoms. The van der Waals surface area contributed by atoms with Gasteiger partial charge in [-0.05, 0) is 36.4 Å². The molecule has 7 nitrogen and oxygen atoms in total. The molecule has 10 heteroatoms. The number of amides is 1. The number of nitrogens with two attached hydrogens (primary N) is 1. The van der Waals surface area contributed by atoms with Gasteiger partial charge >= 0.3 is 6.55 Å². The number of hydrogen-bond acceptors (Lipinski definition) is 5. The molecule has 1 amide bonds. The minimum absolute atomic E-state index is 0.00485. The van der Waals surface area contributed by atoms with Crippen molar-refractivity contribution in [3.05, 3.63) is 76.1 Å². The van der Waals surface area contributed by atoms with E-state index in [4.69, 9.17) is 28.0 Å². The first kappa shape index (κ1) is 20.0. The van der Waals surface area contributed by atoms with Gasteiger partial charge < -0.3 is 11.1 Å². The number of aromatic nitrogens is 2. The molecule has 0 radical (unpaired) electrons. The Balaban J connectivity index is 1.88. The second-order valence-corrected chi connectivity index (χ2v) is 6.25. The van der Waals surface area contributed by atoms with Gasteiger partial charge in [-0.3, -0.25) is 10.2 Å². The summed E-state index contributed by atoms with van der Waals surface area (Å²) < 4.78 is 25.8. The predicted octanol–water partition coefficient (Wildman–Crippen LogP) is 4.05. The van der Waals surface area contributed by atoms with Crippen LogP contribution in [0.1, 0.15) is 33.7 Å². The normalized spacial score (nSPS) is 10.6. The molecule has 1 heterocycles. The number of alkyl halides is 2. The summed E-state index contributed by atoms with van der Waals surface area (Å²) in [7, 11) is 0. The van der Waals surface area contributed by atoms with E-state index in [1.165, 1.54) is 42.5 Å². The molecule has 0 saturated heterocycles. The molecule has 0 aliphatic rings. The highest BCUT2D eigenvalue weighted by Crippen LogP contribution is 2.24. The van der Waals surface area contributed by atoms with Crippen molar-refractivity contribution in [2.24, 2.45) is 0 Å². The van der Waals surface area contributed by atoms with Gasteiger partial charge in [-0.2, -0.15) is 19.1 Å². The van der Waals surface area contributed by atoms with Crippen LogP contribution >= 0.6 is 11.6 Å². The molecular formula is C19H13ClF2N6O. The topological polar surface area (TPSA) is 121 Å². The second-order valence-electron chi connectivity index (χ2n) is 5.87. The molecule has 1 aromatic heterocycles. The highest BCUT2D eigenvalue weighted by Gasteiger charge is 2.17. The number of nitriles is 1. The first-order valence-corrected chi connectivity index (χ1v) is 8.51. The molecular weight excluding hydrogens is 402 g/mol. The first-order valence-electron chi connectivity index (χ1n) is 8.14. The smallest absolute Gasteiger partial charge is 0.333 e. The van der Waals surface area contributed by atoms with Crippen molar-refractivity contribution < 1.29 is 13.6 Å². The monoisotopic (exact) mass is 414 g/mol. The quantitative estimate of drug-likeness (QED) is 0.430. The lowest BCUT2D eigenvalue weighted by Gasteiger charge is -2.11. The van der Waals surface area contributed by atoms with Gasteiger partial charge in [-0.15, -0.1) is 0 Å². The third kappa shape index (κ3) is 4.07. The number of nitrogens with zero attached hydrogens (tertiary/aromatic N) is 3. The molecule has 0 atom stereocenters. The maximum atomic E-state index is 12.7. The number of hydrogen-bond donors (Lipinski definition) is 3. The van der Waals surface area contributed by atoms with E-state index in [1.54, 1.807) is 0 Å². The molecule has 0 bridgehead atoms. The summed E-state index contributed by atoms with van der Waals surface area (Å²) in [5.74, 6) is -0.559. The molecule has 0 fully saturated rings. The van der Waals surface area contributed by atoms with Crippen LogP contribution in [-0.4, -0.2) is 21.4 Å². The summed E-state index contributed by atoms with van der Waals surface area (Å²) in [5, 5.41) is 23.5. The van der Waals surface area contributed by atoms with Crippen LogP contribution in [0.3, 0.4) is 0 Å². The molecule has 2 aromatic carbocycles. The Kier molecular flexibility index (Phi) is 5.57. The van der Waals surface area contributed by atoms with Crippen LogP contribution in [-0.2, 0) is 0 Å². The Morgan fingerprint density at radius 3 is 2.69 bits per heavy atom. The second kappa shape index (κ2) is 8.08. The average molecular weight is 415 g/mol. The van der Waals surface area contributed by atoms with E-state index in [0.717, 1.165) is 6.20 Å². The number of carbonyl (C=O) groups is 1. The summed E-state index contributed by atoms with van der Waals surface area (Å²) >= 11 is 6.08. The molecule has 0 aliphatic carbocycles. The van der Waals surface area contributed by atoms with Crippen molar-refractivity contribution in [3.63, 3.8) is 0 Å². The largest absolute Gasteiger partial charge is 0.398 e. The zero-order valence-corrected chi connectivity index (χ0v) is 15.4. The van der Waals surface area contributed by atoms with Crippen LogP contribution < -0.4 is 11.1 Å². The standard InChI is InChI=1S/C19H13ClF2N6O/c20-16-10(9-23)2-1-3-12(16)18(29)26-11-4-5-14(24)13(8-11)17(25)15-6-7-28(27-15)19(21)22/h1-8,19,25H,24H2,(H,26,29). The third-order valence-corrected chi connectivity index (χ3v) is 4.42. The predicted molar refractivity (Wildman–Crippen MR) is 104 cm³/mol. The van der Waals surface area contributed by atoms with E-state index in [9.17, 15) is 13.6 Å². The summed E-state index contributed by atoms with van der Waals surface area (Å²) in [6, 6.07) is 12.1. The fourth-order valence-electron chi connectivity index (χ4n) is 2.56. The van der Waals surface area contributed by atoms with Gasteiger partial charge in [0.15, 0.2) is 0 Å². The van der Waals surface area contributed by atoms with Crippen molar-refractivity contribution in [2.45, 2.75) is 6.55 Å². The van der Waals surface area contributed by atoms with Crippen LogP contribution in [0.4, 0.5) is 20.2 Å². The lowest BCUT2D eigenvalue weighted by Crippen LogP contribution is -2.14. The van der Waals surface area contributed by atoms with Crippen LogP contribution in [0.15, 0.2) is 48.7 Å². The zero-order valence-electron chi connectivity index (χ0n) is 14.7. The maximum Gasteiger partial charge on any atom is 0.333 e. The minimum Gasteiger partial charge on any atom is -0.398 e. The van der Waals surface area contributed by atoms with Gasteiger partial charge in [0.25, 0.3) is 5.91 Å². The molecule has 0 aliphatic heterocycles. The Morgan fingerprint density at radius 2 is 2.03 bits per heavy atom. The number of nitrogen functional groups attached to an aromatic ring is 1. The van der Waals surface area contributed by atoms with Gasteiger partial charge in [0.2, 0.25) is 0 Å². The van der Waals surface area contributed by atoms with E-state index < -0.39 is 12.5 Å².